The first-order valence-electron chi connectivity index (χ1n) is 9.76. The standard InChI is InChI=1S/C23H24N2O3/c24-21(23(27)16-3-1-2-4-16)11-17-13-25-22-10-9-19(12-20(17)22)28-18-7-5-15(14-26)6-8-18/h5-10,12-14,16,21,25H,1-4,11,24H2. The molecule has 0 spiro atoms. The van der Waals surface area contributed by atoms with Crippen LogP contribution in [0.3, 0.4) is 0 Å². The molecule has 1 aromatic heterocycles. The molecule has 0 radical (unpaired) electrons. The topological polar surface area (TPSA) is 85.2 Å². The van der Waals surface area contributed by atoms with Gasteiger partial charge in [0.2, 0.25) is 0 Å². The molecule has 0 bridgehead atoms. The first-order valence-corrected chi connectivity index (χ1v) is 9.76. The van der Waals surface area contributed by atoms with Crippen LogP contribution in [0.25, 0.3) is 10.9 Å². The number of H-pyrrole nitrogens is 1. The highest BCUT2D eigenvalue weighted by molar-refractivity contribution is 5.89. The Morgan fingerprint density at radius 2 is 1.86 bits per heavy atom. The SMILES string of the molecule is NC(Cc1c[nH]c2ccc(Oc3ccc(C=O)cc3)cc12)C(=O)C1CCCC1. The molecule has 0 aliphatic heterocycles. The molecule has 5 nitrogen and oxygen atoms in total. The number of carbonyl (C=O) groups excluding carboxylic acids is 2. The first-order chi connectivity index (χ1) is 13.6. The van der Waals surface area contributed by atoms with Gasteiger partial charge in [-0.05, 0) is 67.3 Å². The number of ether oxygens (including phenoxy) is 1. The highest BCUT2D eigenvalue weighted by Crippen LogP contribution is 2.30. The lowest BCUT2D eigenvalue weighted by Crippen LogP contribution is -2.36. The van der Waals surface area contributed by atoms with Crippen molar-refractivity contribution >= 4 is 23.0 Å². The number of carbonyl (C=O) groups is 2. The fourth-order valence-electron chi connectivity index (χ4n) is 3.99. The molecular formula is C23H24N2O3. The van der Waals surface area contributed by atoms with E-state index in [1.165, 1.54) is 0 Å². The van der Waals surface area contributed by atoms with E-state index in [1.54, 1.807) is 24.3 Å². The fourth-order valence-corrected chi connectivity index (χ4v) is 3.99. The zero-order chi connectivity index (χ0) is 19.5. The molecule has 3 aromatic rings. The summed E-state index contributed by atoms with van der Waals surface area (Å²) in [5, 5.41) is 1.01. The van der Waals surface area contributed by atoms with Crippen LogP contribution in [0, 0.1) is 5.92 Å². The quantitative estimate of drug-likeness (QED) is 0.599. The number of aromatic amines is 1. The van der Waals surface area contributed by atoms with Gasteiger partial charge in [0.15, 0.2) is 5.78 Å². The van der Waals surface area contributed by atoms with Gasteiger partial charge < -0.3 is 15.5 Å². The van der Waals surface area contributed by atoms with Gasteiger partial charge >= 0.3 is 0 Å². The van der Waals surface area contributed by atoms with Crippen LogP contribution in [-0.2, 0) is 11.2 Å². The molecule has 1 aliphatic rings. The van der Waals surface area contributed by atoms with E-state index in [0.29, 0.717) is 23.5 Å². The van der Waals surface area contributed by atoms with E-state index >= 15 is 0 Å². The second kappa shape index (κ2) is 7.98. The predicted molar refractivity (Wildman–Crippen MR) is 109 cm³/mol. The van der Waals surface area contributed by atoms with Crippen LogP contribution in [0.1, 0.15) is 41.6 Å². The number of aldehydes is 1. The van der Waals surface area contributed by atoms with Gasteiger partial charge in [0, 0.05) is 28.6 Å². The highest BCUT2D eigenvalue weighted by atomic mass is 16.5. The summed E-state index contributed by atoms with van der Waals surface area (Å²) in [5.74, 6) is 1.68. The van der Waals surface area contributed by atoms with E-state index in [9.17, 15) is 9.59 Å². The summed E-state index contributed by atoms with van der Waals surface area (Å²) in [7, 11) is 0. The first kappa shape index (κ1) is 18.4. The van der Waals surface area contributed by atoms with Gasteiger partial charge in [0.05, 0.1) is 6.04 Å². The average molecular weight is 376 g/mol. The summed E-state index contributed by atoms with van der Waals surface area (Å²) < 4.78 is 5.92. The zero-order valence-corrected chi connectivity index (χ0v) is 15.7. The van der Waals surface area contributed by atoms with Crippen molar-refractivity contribution in [1.29, 1.82) is 0 Å². The predicted octanol–water partition coefficient (Wildman–Crippen LogP) is 4.40. The van der Waals surface area contributed by atoms with Gasteiger partial charge in [-0.3, -0.25) is 9.59 Å². The van der Waals surface area contributed by atoms with Gasteiger partial charge in [-0.15, -0.1) is 0 Å². The van der Waals surface area contributed by atoms with Crippen LogP contribution in [0.5, 0.6) is 11.5 Å². The van der Waals surface area contributed by atoms with Crippen molar-refractivity contribution in [2.24, 2.45) is 11.7 Å². The number of rotatable bonds is 7. The Morgan fingerprint density at radius 3 is 2.57 bits per heavy atom. The maximum absolute atomic E-state index is 12.6. The number of ketones is 1. The molecule has 0 amide bonds. The second-order valence-corrected chi connectivity index (χ2v) is 7.50. The van der Waals surface area contributed by atoms with E-state index in [2.05, 4.69) is 4.98 Å². The van der Waals surface area contributed by atoms with Crippen molar-refractivity contribution in [3.8, 4) is 11.5 Å². The highest BCUT2D eigenvalue weighted by Gasteiger charge is 2.27. The number of nitrogens with two attached hydrogens (primary N) is 1. The number of aromatic nitrogens is 1. The van der Waals surface area contributed by atoms with Gasteiger partial charge in [0.1, 0.15) is 17.8 Å². The number of fused-ring (bicyclic) bond motifs is 1. The number of hydrogen-bond acceptors (Lipinski definition) is 4. The van der Waals surface area contributed by atoms with E-state index in [4.69, 9.17) is 10.5 Å². The summed E-state index contributed by atoms with van der Waals surface area (Å²) in [6, 6.07) is 12.3. The summed E-state index contributed by atoms with van der Waals surface area (Å²) in [5.41, 5.74) is 8.86. The third kappa shape index (κ3) is 3.85. The van der Waals surface area contributed by atoms with E-state index in [0.717, 1.165) is 48.4 Å². The van der Waals surface area contributed by atoms with Gasteiger partial charge in [-0.1, -0.05) is 12.8 Å². The third-order valence-electron chi connectivity index (χ3n) is 5.55. The van der Waals surface area contributed by atoms with Gasteiger partial charge in [-0.25, -0.2) is 0 Å². The Balaban J connectivity index is 1.52. The molecule has 1 atom stereocenters. The molecular weight excluding hydrogens is 352 g/mol. The normalized spacial score (nSPS) is 15.6. The minimum atomic E-state index is -0.470. The Labute approximate surface area is 163 Å². The lowest BCUT2D eigenvalue weighted by molar-refractivity contribution is -0.123. The van der Waals surface area contributed by atoms with Crippen molar-refractivity contribution in [2.75, 3.05) is 0 Å². The molecule has 1 unspecified atom stereocenters. The van der Waals surface area contributed by atoms with Crippen LogP contribution in [0.4, 0.5) is 0 Å². The molecule has 28 heavy (non-hydrogen) atoms. The molecule has 0 saturated heterocycles. The van der Waals surface area contributed by atoms with Crippen LogP contribution < -0.4 is 10.5 Å². The molecule has 1 aliphatic carbocycles. The van der Waals surface area contributed by atoms with Crippen molar-refractivity contribution in [3.63, 3.8) is 0 Å². The Morgan fingerprint density at radius 1 is 1.14 bits per heavy atom. The molecule has 1 saturated carbocycles. The Bertz CT molecular complexity index is 985. The Kier molecular flexibility index (Phi) is 5.26. The fraction of sp³-hybridized carbons (Fsp3) is 0.304. The molecule has 3 N–H and O–H groups in total. The molecule has 4 rings (SSSR count). The van der Waals surface area contributed by atoms with Crippen molar-refractivity contribution in [3.05, 3.63) is 59.8 Å². The van der Waals surface area contributed by atoms with Crippen molar-refractivity contribution in [2.45, 2.75) is 38.1 Å². The minimum Gasteiger partial charge on any atom is -0.457 e. The maximum Gasteiger partial charge on any atom is 0.152 e. The molecule has 5 heteroatoms. The summed E-state index contributed by atoms with van der Waals surface area (Å²) in [6.45, 7) is 0. The van der Waals surface area contributed by atoms with E-state index in [1.807, 2.05) is 24.4 Å². The van der Waals surface area contributed by atoms with E-state index in [-0.39, 0.29) is 11.7 Å². The summed E-state index contributed by atoms with van der Waals surface area (Å²) >= 11 is 0. The van der Waals surface area contributed by atoms with Crippen LogP contribution in [-0.4, -0.2) is 23.1 Å². The molecule has 1 heterocycles. The molecule has 1 fully saturated rings. The Hall–Kier alpha value is -2.92. The monoisotopic (exact) mass is 376 g/mol. The van der Waals surface area contributed by atoms with Crippen molar-refractivity contribution in [1.82, 2.24) is 4.98 Å². The minimum absolute atomic E-state index is 0.133. The van der Waals surface area contributed by atoms with Crippen LogP contribution in [0.2, 0.25) is 0 Å². The number of Topliss-reactive ketones (excluding diaryl/α,β-unsaturated/α-hetero) is 1. The number of hydrogen-bond donors (Lipinski definition) is 2. The zero-order valence-electron chi connectivity index (χ0n) is 15.7. The lowest BCUT2D eigenvalue weighted by Gasteiger charge is -2.15. The summed E-state index contributed by atoms with van der Waals surface area (Å²) in [4.78, 5) is 26.6. The van der Waals surface area contributed by atoms with Gasteiger partial charge in [0.25, 0.3) is 0 Å². The maximum atomic E-state index is 12.6. The van der Waals surface area contributed by atoms with Crippen molar-refractivity contribution < 1.29 is 14.3 Å². The third-order valence-corrected chi connectivity index (χ3v) is 5.55. The second-order valence-electron chi connectivity index (χ2n) is 7.50. The average Bonchev–Trinajstić information content (AvgIpc) is 3.38. The van der Waals surface area contributed by atoms with E-state index < -0.39 is 6.04 Å². The van der Waals surface area contributed by atoms with Crippen LogP contribution in [0.15, 0.2) is 48.7 Å². The smallest absolute Gasteiger partial charge is 0.152 e. The van der Waals surface area contributed by atoms with Crippen LogP contribution >= 0.6 is 0 Å². The largest absolute Gasteiger partial charge is 0.457 e. The van der Waals surface area contributed by atoms with Gasteiger partial charge in [-0.2, -0.15) is 0 Å². The molecule has 2 aromatic carbocycles. The summed E-state index contributed by atoms with van der Waals surface area (Å²) in [6.07, 6.45) is 7.46. The molecule has 144 valence electrons. The number of benzene rings is 2. The lowest BCUT2D eigenvalue weighted by atomic mass is 9.93. The number of nitrogens with one attached hydrogen (secondary N) is 1.